The molecule has 5 heteroatoms. The topological polar surface area (TPSA) is 57.3 Å². The molecule has 0 aliphatic heterocycles. The lowest BCUT2D eigenvalue weighted by Gasteiger charge is -2.25. The number of benzene rings is 1. The molecule has 2 rings (SSSR count). The van der Waals surface area contributed by atoms with Crippen LogP contribution >= 0.6 is 11.8 Å². The summed E-state index contributed by atoms with van der Waals surface area (Å²) in [6.07, 6.45) is 3.41. The van der Waals surface area contributed by atoms with E-state index in [1.54, 1.807) is 11.8 Å². The van der Waals surface area contributed by atoms with Crippen LogP contribution in [0.15, 0.2) is 24.4 Å². The van der Waals surface area contributed by atoms with Crippen molar-refractivity contribution in [3.05, 3.63) is 30.0 Å². The summed E-state index contributed by atoms with van der Waals surface area (Å²) in [5.41, 5.74) is 2.19. The number of rotatable bonds is 7. The molecule has 4 nitrogen and oxygen atoms in total. The summed E-state index contributed by atoms with van der Waals surface area (Å²) in [5, 5.41) is 14.4. The second kappa shape index (κ2) is 6.73. The Hall–Kier alpha value is -1.17. The van der Waals surface area contributed by atoms with Crippen molar-refractivity contribution in [2.45, 2.75) is 31.7 Å². The Labute approximate surface area is 130 Å². The zero-order valence-corrected chi connectivity index (χ0v) is 13.9. The van der Waals surface area contributed by atoms with Crippen LogP contribution in [-0.2, 0) is 0 Å². The van der Waals surface area contributed by atoms with Crippen molar-refractivity contribution >= 4 is 22.7 Å². The van der Waals surface area contributed by atoms with Gasteiger partial charge in [0.2, 0.25) is 0 Å². The van der Waals surface area contributed by atoms with Gasteiger partial charge in [0.1, 0.15) is 18.5 Å². The van der Waals surface area contributed by atoms with Crippen molar-refractivity contribution in [3.63, 3.8) is 0 Å². The Morgan fingerprint density at radius 2 is 2.19 bits per heavy atom. The predicted molar refractivity (Wildman–Crippen MR) is 90.1 cm³/mol. The van der Waals surface area contributed by atoms with Gasteiger partial charge in [-0.15, -0.1) is 11.8 Å². The number of H-pyrrole nitrogens is 1. The van der Waals surface area contributed by atoms with Gasteiger partial charge >= 0.3 is 0 Å². The zero-order chi connectivity index (χ0) is 15.5. The highest BCUT2D eigenvalue weighted by molar-refractivity contribution is 7.99. The fourth-order valence-corrected chi connectivity index (χ4v) is 2.30. The molecule has 116 valence electrons. The fourth-order valence-electron chi connectivity index (χ4n) is 2.07. The van der Waals surface area contributed by atoms with E-state index in [4.69, 9.17) is 4.74 Å². The van der Waals surface area contributed by atoms with Crippen molar-refractivity contribution in [2.75, 3.05) is 19.4 Å². The summed E-state index contributed by atoms with van der Waals surface area (Å²) < 4.78 is 5.80. The van der Waals surface area contributed by atoms with Crippen molar-refractivity contribution in [2.24, 2.45) is 0 Å². The van der Waals surface area contributed by atoms with Gasteiger partial charge < -0.3 is 20.1 Å². The minimum Gasteiger partial charge on any atom is -0.490 e. The summed E-state index contributed by atoms with van der Waals surface area (Å²) in [5.74, 6) is 0.814. The Morgan fingerprint density at radius 1 is 1.43 bits per heavy atom. The third-order valence-electron chi connectivity index (χ3n) is 3.48. The van der Waals surface area contributed by atoms with Gasteiger partial charge in [-0.3, -0.25) is 0 Å². The van der Waals surface area contributed by atoms with Crippen LogP contribution in [0.2, 0.25) is 0 Å². The van der Waals surface area contributed by atoms with Gasteiger partial charge in [-0.2, -0.15) is 0 Å². The summed E-state index contributed by atoms with van der Waals surface area (Å²) in [6, 6.07) is 6.08. The Morgan fingerprint density at radius 3 is 2.90 bits per heavy atom. The maximum absolute atomic E-state index is 10.1. The van der Waals surface area contributed by atoms with E-state index in [9.17, 15) is 5.11 Å². The lowest BCUT2D eigenvalue weighted by Crippen LogP contribution is -2.42. The van der Waals surface area contributed by atoms with Crippen molar-refractivity contribution < 1.29 is 9.84 Å². The SMILES string of the molecule is CSC(C)(C)NCC(O)COc1cc(C)cc2[nH]ccc12. The lowest BCUT2D eigenvalue weighted by molar-refractivity contribution is 0.104. The Bertz CT molecular complexity index is 595. The molecular weight excluding hydrogens is 284 g/mol. The van der Waals surface area contributed by atoms with E-state index in [0.29, 0.717) is 6.54 Å². The molecule has 0 amide bonds. The third kappa shape index (κ3) is 4.40. The quantitative estimate of drug-likeness (QED) is 0.688. The number of aromatic amines is 1. The molecule has 3 N–H and O–H groups in total. The smallest absolute Gasteiger partial charge is 0.129 e. The van der Waals surface area contributed by atoms with E-state index in [2.05, 4.69) is 30.2 Å². The summed E-state index contributed by atoms with van der Waals surface area (Å²) >= 11 is 1.72. The standard InChI is InChI=1S/C16H24N2O2S/c1-11-7-14-13(5-6-17-14)15(8-11)20-10-12(19)9-18-16(2,3)21-4/h5-8,12,17-19H,9-10H2,1-4H3. The molecule has 1 heterocycles. The first-order chi connectivity index (χ1) is 9.91. The van der Waals surface area contributed by atoms with Crippen LogP contribution in [0.1, 0.15) is 19.4 Å². The molecule has 0 fully saturated rings. The van der Waals surface area contributed by atoms with E-state index in [0.717, 1.165) is 22.2 Å². The monoisotopic (exact) mass is 308 g/mol. The molecule has 1 aromatic carbocycles. The van der Waals surface area contributed by atoms with Crippen LogP contribution in [0.5, 0.6) is 5.75 Å². The molecule has 0 aliphatic carbocycles. The van der Waals surface area contributed by atoms with E-state index < -0.39 is 6.10 Å². The van der Waals surface area contributed by atoms with Crippen molar-refractivity contribution in [1.29, 1.82) is 0 Å². The number of hydrogen-bond donors (Lipinski definition) is 3. The average molecular weight is 308 g/mol. The van der Waals surface area contributed by atoms with Crippen LogP contribution in [0, 0.1) is 6.92 Å². The molecule has 0 saturated carbocycles. The molecule has 1 atom stereocenters. The zero-order valence-electron chi connectivity index (χ0n) is 13.1. The summed E-state index contributed by atoms with van der Waals surface area (Å²) in [6.45, 7) is 7.01. The fraction of sp³-hybridized carbons (Fsp3) is 0.500. The first-order valence-electron chi connectivity index (χ1n) is 7.10. The second-order valence-electron chi connectivity index (χ2n) is 5.76. The number of aliphatic hydroxyl groups is 1. The van der Waals surface area contributed by atoms with E-state index in [1.165, 1.54) is 0 Å². The molecular formula is C16H24N2O2S. The van der Waals surface area contributed by atoms with Gasteiger partial charge in [-0.05, 0) is 50.8 Å². The number of fused-ring (bicyclic) bond motifs is 1. The maximum Gasteiger partial charge on any atom is 0.129 e. The van der Waals surface area contributed by atoms with Gasteiger partial charge in [-0.1, -0.05) is 0 Å². The highest BCUT2D eigenvalue weighted by atomic mass is 32.2. The first kappa shape index (κ1) is 16.2. The van der Waals surface area contributed by atoms with Gasteiger partial charge in [0.25, 0.3) is 0 Å². The molecule has 0 aliphatic rings. The normalized spacial score (nSPS) is 13.6. The van der Waals surface area contributed by atoms with Gasteiger partial charge in [0.05, 0.1) is 4.87 Å². The minimum absolute atomic E-state index is 0.0434. The molecule has 0 bridgehead atoms. The summed E-state index contributed by atoms with van der Waals surface area (Å²) in [7, 11) is 0. The van der Waals surface area contributed by atoms with E-state index in [1.807, 2.05) is 31.5 Å². The van der Waals surface area contributed by atoms with Crippen LogP contribution in [0.25, 0.3) is 10.9 Å². The van der Waals surface area contributed by atoms with Gasteiger partial charge in [0.15, 0.2) is 0 Å². The number of thioether (sulfide) groups is 1. The van der Waals surface area contributed by atoms with Gasteiger partial charge in [0, 0.05) is 23.6 Å². The molecule has 1 aromatic heterocycles. The van der Waals surface area contributed by atoms with Gasteiger partial charge in [-0.25, -0.2) is 0 Å². The van der Waals surface area contributed by atoms with Crippen LogP contribution in [-0.4, -0.2) is 40.5 Å². The van der Waals surface area contributed by atoms with Crippen molar-refractivity contribution in [1.82, 2.24) is 10.3 Å². The van der Waals surface area contributed by atoms with Crippen LogP contribution < -0.4 is 10.1 Å². The second-order valence-corrected chi connectivity index (χ2v) is 7.19. The number of aryl methyl sites for hydroxylation is 1. The number of hydrogen-bond acceptors (Lipinski definition) is 4. The first-order valence-corrected chi connectivity index (χ1v) is 8.32. The van der Waals surface area contributed by atoms with E-state index >= 15 is 0 Å². The minimum atomic E-state index is -0.536. The molecule has 0 radical (unpaired) electrons. The number of aromatic nitrogens is 1. The summed E-state index contributed by atoms with van der Waals surface area (Å²) in [4.78, 5) is 3.14. The largest absolute Gasteiger partial charge is 0.490 e. The van der Waals surface area contributed by atoms with E-state index in [-0.39, 0.29) is 11.5 Å². The molecule has 0 saturated heterocycles. The van der Waals surface area contributed by atoms with Crippen LogP contribution in [0.4, 0.5) is 0 Å². The highest BCUT2D eigenvalue weighted by Crippen LogP contribution is 2.26. The average Bonchev–Trinajstić information content (AvgIpc) is 2.90. The molecule has 0 spiro atoms. The molecule has 1 unspecified atom stereocenters. The Kier molecular flexibility index (Phi) is 5.19. The maximum atomic E-state index is 10.1. The number of nitrogens with one attached hydrogen (secondary N) is 2. The highest BCUT2D eigenvalue weighted by Gasteiger charge is 2.17. The van der Waals surface area contributed by atoms with Crippen molar-refractivity contribution in [3.8, 4) is 5.75 Å². The Balaban J connectivity index is 1.94. The predicted octanol–water partition coefficient (Wildman–Crippen LogP) is 2.90. The lowest BCUT2D eigenvalue weighted by atomic mass is 10.1. The third-order valence-corrected chi connectivity index (χ3v) is 4.65. The van der Waals surface area contributed by atoms with Crippen LogP contribution in [0.3, 0.4) is 0 Å². The number of ether oxygens (including phenoxy) is 1. The number of aliphatic hydroxyl groups excluding tert-OH is 1. The molecule has 2 aromatic rings. The molecule has 21 heavy (non-hydrogen) atoms.